The molecule has 0 unspecified atom stereocenters. The molecule has 0 bridgehead atoms. The lowest BCUT2D eigenvalue weighted by atomic mass is 10.1. The average Bonchev–Trinajstić information content (AvgIpc) is 2.97. The van der Waals surface area contributed by atoms with E-state index in [1.54, 1.807) is 11.3 Å². The summed E-state index contributed by atoms with van der Waals surface area (Å²) in [4.78, 5) is 1.98. The molecule has 1 N–H and O–H groups in total. The Morgan fingerprint density at radius 2 is 2.18 bits per heavy atom. The summed E-state index contributed by atoms with van der Waals surface area (Å²) in [6, 6.07) is 6.46. The van der Waals surface area contributed by atoms with Crippen molar-refractivity contribution in [2.75, 3.05) is 30.9 Å². The maximum Gasteiger partial charge on any atom is 0.208 e. The Morgan fingerprint density at radius 3 is 2.94 bits per heavy atom. The highest BCUT2D eigenvalue weighted by Crippen LogP contribution is 2.31. The number of nitrogens with one attached hydrogen (secondary N) is 1. The third-order valence-corrected chi connectivity index (χ3v) is 4.00. The lowest BCUT2D eigenvalue weighted by Crippen LogP contribution is -2.07. The zero-order valence-corrected chi connectivity index (χ0v) is 10.7. The fourth-order valence-corrected chi connectivity index (χ4v) is 2.71. The van der Waals surface area contributed by atoms with Crippen molar-refractivity contribution in [2.24, 2.45) is 0 Å². The van der Waals surface area contributed by atoms with E-state index in [2.05, 4.69) is 33.7 Å². The quantitative estimate of drug-likeness (QED) is 0.882. The van der Waals surface area contributed by atoms with Gasteiger partial charge in [0.25, 0.3) is 0 Å². The topological polar surface area (TPSA) is 41.1 Å². The van der Waals surface area contributed by atoms with Crippen LogP contribution in [0.4, 0.5) is 10.8 Å². The predicted octanol–water partition coefficient (Wildman–Crippen LogP) is 2.24. The summed E-state index contributed by atoms with van der Waals surface area (Å²) in [7, 11) is 3.97. The first-order chi connectivity index (χ1) is 8.24. The van der Waals surface area contributed by atoms with Crippen LogP contribution in [0.2, 0.25) is 0 Å². The number of hydrogen-bond donors (Lipinski definition) is 1. The number of aromatic nitrogens is 2. The predicted molar refractivity (Wildman–Crippen MR) is 71.9 cm³/mol. The molecule has 2 heterocycles. The molecule has 1 aromatic carbocycles. The largest absolute Gasteiger partial charge is 0.384 e. The SMILES string of the molecule is CN(C)c1nnc(-c2ccc3c(c2)CCN3)s1. The summed E-state index contributed by atoms with van der Waals surface area (Å²) in [6.07, 6.45) is 1.10. The van der Waals surface area contributed by atoms with Crippen LogP contribution in [0.25, 0.3) is 10.6 Å². The third-order valence-electron chi connectivity index (χ3n) is 2.86. The number of benzene rings is 1. The standard InChI is InChI=1S/C12H14N4S/c1-16(2)12-15-14-11(17-12)9-3-4-10-8(7-9)5-6-13-10/h3-4,7,13H,5-6H2,1-2H3. The average molecular weight is 246 g/mol. The van der Waals surface area contributed by atoms with Gasteiger partial charge in [-0.25, -0.2) is 0 Å². The molecule has 0 spiro atoms. The number of hydrogen-bond acceptors (Lipinski definition) is 5. The van der Waals surface area contributed by atoms with E-state index in [1.807, 2.05) is 19.0 Å². The van der Waals surface area contributed by atoms with Gasteiger partial charge >= 0.3 is 0 Å². The molecule has 4 nitrogen and oxygen atoms in total. The van der Waals surface area contributed by atoms with Crippen LogP contribution in [-0.4, -0.2) is 30.8 Å². The number of rotatable bonds is 2. The minimum atomic E-state index is 0.943. The Morgan fingerprint density at radius 1 is 1.29 bits per heavy atom. The molecule has 17 heavy (non-hydrogen) atoms. The first kappa shape index (κ1) is 10.5. The number of fused-ring (bicyclic) bond motifs is 1. The van der Waals surface area contributed by atoms with Crippen LogP contribution in [0.3, 0.4) is 0 Å². The van der Waals surface area contributed by atoms with Crippen LogP contribution < -0.4 is 10.2 Å². The van der Waals surface area contributed by atoms with Crippen molar-refractivity contribution < 1.29 is 0 Å². The van der Waals surface area contributed by atoms with E-state index >= 15 is 0 Å². The fourth-order valence-electron chi connectivity index (χ4n) is 1.95. The molecule has 1 aliphatic rings. The first-order valence-electron chi connectivity index (χ1n) is 5.62. The molecule has 0 radical (unpaired) electrons. The van der Waals surface area contributed by atoms with Crippen molar-refractivity contribution in [3.05, 3.63) is 23.8 Å². The van der Waals surface area contributed by atoms with E-state index in [0.29, 0.717) is 0 Å². The molecule has 88 valence electrons. The zero-order valence-electron chi connectivity index (χ0n) is 9.90. The summed E-state index contributed by atoms with van der Waals surface area (Å²) >= 11 is 1.62. The van der Waals surface area contributed by atoms with Crippen LogP contribution >= 0.6 is 11.3 Å². The molecule has 0 aliphatic carbocycles. The Balaban J connectivity index is 1.97. The molecular formula is C12H14N4S. The van der Waals surface area contributed by atoms with Gasteiger partial charge in [0.1, 0.15) is 5.01 Å². The molecule has 3 rings (SSSR count). The van der Waals surface area contributed by atoms with Gasteiger partial charge in [-0.3, -0.25) is 0 Å². The maximum absolute atomic E-state index is 4.24. The van der Waals surface area contributed by atoms with Gasteiger partial charge < -0.3 is 10.2 Å². The molecule has 0 saturated heterocycles. The van der Waals surface area contributed by atoms with Crippen LogP contribution in [0.15, 0.2) is 18.2 Å². The lowest BCUT2D eigenvalue weighted by molar-refractivity contribution is 1.02. The maximum atomic E-state index is 4.24. The lowest BCUT2D eigenvalue weighted by Gasteiger charge is -2.04. The Bertz CT molecular complexity index is 547. The minimum absolute atomic E-state index is 0.943. The van der Waals surface area contributed by atoms with E-state index in [4.69, 9.17) is 0 Å². The molecule has 0 fully saturated rings. The fraction of sp³-hybridized carbons (Fsp3) is 0.333. The van der Waals surface area contributed by atoms with Crippen molar-refractivity contribution in [2.45, 2.75) is 6.42 Å². The molecule has 1 aromatic heterocycles. The third kappa shape index (κ3) is 1.86. The number of anilines is 2. The van der Waals surface area contributed by atoms with Gasteiger partial charge in [0.2, 0.25) is 5.13 Å². The molecule has 0 saturated carbocycles. The van der Waals surface area contributed by atoms with Gasteiger partial charge in [-0.2, -0.15) is 0 Å². The molecule has 0 atom stereocenters. The zero-order chi connectivity index (χ0) is 11.8. The Kier molecular flexibility index (Phi) is 2.48. The van der Waals surface area contributed by atoms with Crippen LogP contribution in [0.5, 0.6) is 0 Å². The van der Waals surface area contributed by atoms with E-state index in [0.717, 1.165) is 28.7 Å². The Labute approximate surface area is 104 Å². The highest BCUT2D eigenvalue weighted by atomic mass is 32.1. The van der Waals surface area contributed by atoms with Crippen molar-refractivity contribution in [3.63, 3.8) is 0 Å². The van der Waals surface area contributed by atoms with Crippen LogP contribution in [0.1, 0.15) is 5.56 Å². The van der Waals surface area contributed by atoms with Crippen molar-refractivity contribution in [1.82, 2.24) is 10.2 Å². The van der Waals surface area contributed by atoms with Gasteiger partial charge in [-0.05, 0) is 30.2 Å². The summed E-state index contributed by atoms with van der Waals surface area (Å²) < 4.78 is 0. The highest BCUT2D eigenvalue weighted by Gasteiger charge is 2.13. The normalized spacial score (nSPS) is 13.3. The monoisotopic (exact) mass is 246 g/mol. The van der Waals surface area contributed by atoms with Crippen molar-refractivity contribution >= 4 is 22.2 Å². The van der Waals surface area contributed by atoms with Crippen LogP contribution in [0, 0.1) is 0 Å². The van der Waals surface area contributed by atoms with Gasteiger partial charge in [-0.15, -0.1) is 10.2 Å². The van der Waals surface area contributed by atoms with E-state index in [-0.39, 0.29) is 0 Å². The second kappa shape index (κ2) is 4.00. The van der Waals surface area contributed by atoms with Gasteiger partial charge in [0.15, 0.2) is 0 Å². The second-order valence-corrected chi connectivity index (χ2v) is 5.29. The van der Waals surface area contributed by atoms with Gasteiger partial charge in [-0.1, -0.05) is 11.3 Å². The van der Waals surface area contributed by atoms with E-state index < -0.39 is 0 Å². The summed E-state index contributed by atoms with van der Waals surface area (Å²) in [5.74, 6) is 0. The summed E-state index contributed by atoms with van der Waals surface area (Å²) in [6.45, 7) is 1.04. The minimum Gasteiger partial charge on any atom is -0.384 e. The second-order valence-electron chi connectivity index (χ2n) is 4.33. The molecule has 1 aliphatic heterocycles. The van der Waals surface area contributed by atoms with E-state index in [9.17, 15) is 0 Å². The highest BCUT2D eigenvalue weighted by molar-refractivity contribution is 7.18. The summed E-state index contributed by atoms with van der Waals surface area (Å²) in [5, 5.41) is 13.7. The molecule has 2 aromatic rings. The van der Waals surface area contributed by atoms with Crippen molar-refractivity contribution in [3.8, 4) is 10.6 Å². The van der Waals surface area contributed by atoms with Gasteiger partial charge in [0, 0.05) is 31.9 Å². The van der Waals surface area contributed by atoms with E-state index in [1.165, 1.54) is 11.3 Å². The van der Waals surface area contributed by atoms with Crippen LogP contribution in [-0.2, 0) is 6.42 Å². The van der Waals surface area contributed by atoms with Gasteiger partial charge in [0.05, 0.1) is 0 Å². The molecular weight excluding hydrogens is 232 g/mol. The first-order valence-corrected chi connectivity index (χ1v) is 6.44. The summed E-state index contributed by atoms with van der Waals surface area (Å²) in [5.41, 5.74) is 3.80. The smallest absolute Gasteiger partial charge is 0.208 e. The molecule has 0 amide bonds. The molecule has 5 heteroatoms. The number of nitrogens with zero attached hydrogens (tertiary/aromatic N) is 3. The Hall–Kier alpha value is -1.62. The van der Waals surface area contributed by atoms with Crippen molar-refractivity contribution in [1.29, 1.82) is 0 Å².